The molecule has 154 valence electrons. The first kappa shape index (κ1) is 19.9. The van der Waals surface area contributed by atoms with E-state index in [1.807, 2.05) is 6.07 Å². The van der Waals surface area contributed by atoms with Gasteiger partial charge in [-0.1, -0.05) is 0 Å². The maximum Gasteiger partial charge on any atom is 0.187 e. The van der Waals surface area contributed by atoms with Gasteiger partial charge in [0.2, 0.25) is 0 Å². The molecule has 0 saturated carbocycles. The highest BCUT2D eigenvalue weighted by Crippen LogP contribution is 2.26. The molecule has 3 aromatic heterocycles. The zero-order valence-corrected chi connectivity index (χ0v) is 16.5. The summed E-state index contributed by atoms with van der Waals surface area (Å²) in [7, 11) is 0. The van der Waals surface area contributed by atoms with Gasteiger partial charge in [0.05, 0.1) is 17.6 Å². The number of carbonyl (C=O) groups excluding carboxylic acids is 1. The standard InChI is InChI=1S/C22H23FN6O/c23-17-12-27-7-5-16(17)19-4-3-18(25)22(28-19)21(30)10-14-11-26-8-6-20(14)29-9-1-2-15(24)13-29/h3-8,11-12,15H,1-2,9-10,13,24-25H2/t15-/m0/s1. The predicted molar refractivity (Wildman–Crippen MR) is 114 cm³/mol. The van der Waals surface area contributed by atoms with Crippen LogP contribution in [-0.4, -0.2) is 39.9 Å². The molecular weight excluding hydrogens is 383 g/mol. The summed E-state index contributed by atoms with van der Waals surface area (Å²) in [6.45, 7) is 1.62. The molecule has 1 saturated heterocycles. The van der Waals surface area contributed by atoms with Crippen molar-refractivity contribution in [1.82, 2.24) is 15.0 Å². The van der Waals surface area contributed by atoms with Crippen molar-refractivity contribution < 1.29 is 9.18 Å². The number of carbonyl (C=O) groups is 1. The summed E-state index contributed by atoms with van der Waals surface area (Å²) in [5.41, 5.74) is 14.9. The number of pyridine rings is 3. The number of aromatic nitrogens is 3. The number of anilines is 2. The van der Waals surface area contributed by atoms with Crippen LogP contribution < -0.4 is 16.4 Å². The van der Waals surface area contributed by atoms with Crippen molar-refractivity contribution in [2.45, 2.75) is 25.3 Å². The van der Waals surface area contributed by atoms with Gasteiger partial charge in [0, 0.05) is 61.0 Å². The van der Waals surface area contributed by atoms with Crippen molar-refractivity contribution in [3.63, 3.8) is 0 Å². The Hall–Kier alpha value is -3.39. The molecule has 30 heavy (non-hydrogen) atoms. The lowest BCUT2D eigenvalue weighted by Crippen LogP contribution is -2.43. The SMILES string of the molecule is Nc1ccc(-c2ccncc2F)nc1C(=O)Cc1cnccc1N1CCC[C@H](N)C1. The third kappa shape index (κ3) is 4.13. The van der Waals surface area contributed by atoms with E-state index in [9.17, 15) is 9.18 Å². The number of rotatable bonds is 5. The molecule has 1 fully saturated rings. The summed E-state index contributed by atoms with van der Waals surface area (Å²) in [6, 6.07) is 6.69. The van der Waals surface area contributed by atoms with E-state index in [2.05, 4.69) is 19.9 Å². The number of ketones is 1. The number of nitrogen functional groups attached to an aromatic ring is 1. The molecule has 1 aliphatic heterocycles. The average molecular weight is 406 g/mol. The molecule has 4 rings (SSSR count). The number of nitrogens with zero attached hydrogens (tertiary/aromatic N) is 4. The third-order valence-electron chi connectivity index (χ3n) is 5.27. The predicted octanol–water partition coefficient (Wildman–Crippen LogP) is 2.61. The normalized spacial score (nSPS) is 16.5. The average Bonchev–Trinajstić information content (AvgIpc) is 2.75. The summed E-state index contributed by atoms with van der Waals surface area (Å²) in [5.74, 6) is -0.761. The van der Waals surface area contributed by atoms with Gasteiger partial charge in [-0.05, 0) is 37.1 Å². The molecule has 7 nitrogen and oxygen atoms in total. The largest absolute Gasteiger partial charge is 0.397 e. The second-order valence-electron chi connectivity index (χ2n) is 7.44. The van der Waals surface area contributed by atoms with Crippen LogP contribution in [0.4, 0.5) is 15.8 Å². The highest BCUT2D eigenvalue weighted by atomic mass is 19.1. The summed E-state index contributed by atoms with van der Waals surface area (Å²) >= 11 is 0. The van der Waals surface area contributed by atoms with E-state index < -0.39 is 5.82 Å². The van der Waals surface area contributed by atoms with Gasteiger partial charge in [0.1, 0.15) is 5.69 Å². The fourth-order valence-corrected chi connectivity index (χ4v) is 3.78. The fraction of sp³-hybridized carbons (Fsp3) is 0.273. The number of hydrogen-bond acceptors (Lipinski definition) is 7. The summed E-state index contributed by atoms with van der Waals surface area (Å²) in [5, 5.41) is 0. The van der Waals surface area contributed by atoms with Gasteiger partial charge in [-0.15, -0.1) is 0 Å². The van der Waals surface area contributed by atoms with Gasteiger partial charge in [-0.2, -0.15) is 0 Å². The van der Waals surface area contributed by atoms with Crippen LogP contribution >= 0.6 is 0 Å². The quantitative estimate of drug-likeness (QED) is 0.627. The van der Waals surface area contributed by atoms with Crippen LogP contribution in [0.15, 0.2) is 49.1 Å². The lowest BCUT2D eigenvalue weighted by Gasteiger charge is -2.33. The first-order valence-corrected chi connectivity index (χ1v) is 9.86. The zero-order valence-electron chi connectivity index (χ0n) is 16.5. The van der Waals surface area contributed by atoms with E-state index in [1.165, 1.54) is 12.3 Å². The summed E-state index contributed by atoms with van der Waals surface area (Å²) in [4.78, 5) is 27.6. The topological polar surface area (TPSA) is 111 Å². The number of hydrogen-bond donors (Lipinski definition) is 2. The van der Waals surface area contributed by atoms with Crippen molar-refractivity contribution in [1.29, 1.82) is 0 Å². The lowest BCUT2D eigenvalue weighted by molar-refractivity contribution is 0.0989. The highest BCUT2D eigenvalue weighted by molar-refractivity contribution is 6.01. The van der Waals surface area contributed by atoms with Gasteiger partial charge < -0.3 is 16.4 Å². The van der Waals surface area contributed by atoms with Crippen molar-refractivity contribution in [2.75, 3.05) is 23.7 Å². The van der Waals surface area contributed by atoms with E-state index in [0.717, 1.165) is 43.4 Å². The minimum atomic E-state index is -0.510. The van der Waals surface area contributed by atoms with Crippen molar-refractivity contribution >= 4 is 17.2 Å². The lowest BCUT2D eigenvalue weighted by atomic mass is 10.0. The Kier molecular flexibility index (Phi) is 5.67. The summed E-state index contributed by atoms with van der Waals surface area (Å²) in [6.07, 6.45) is 8.08. The Morgan fingerprint density at radius 3 is 2.77 bits per heavy atom. The van der Waals surface area contributed by atoms with Gasteiger partial charge in [0.15, 0.2) is 11.6 Å². The molecule has 1 atom stereocenters. The second-order valence-corrected chi connectivity index (χ2v) is 7.44. The van der Waals surface area contributed by atoms with E-state index in [0.29, 0.717) is 5.69 Å². The van der Waals surface area contributed by atoms with E-state index >= 15 is 0 Å². The molecule has 1 aliphatic rings. The second kappa shape index (κ2) is 8.54. The maximum atomic E-state index is 14.1. The molecular formula is C22H23FN6O. The minimum absolute atomic E-state index is 0.0917. The van der Waals surface area contributed by atoms with Crippen LogP contribution in [-0.2, 0) is 6.42 Å². The minimum Gasteiger partial charge on any atom is -0.397 e. The zero-order chi connectivity index (χ0) is 21.1. The van der Waals surface area contributed by atoms with Crippen LogP contribution in [0.1, 0.15) is 28.9 Å². The summed E-state index contributed by atoms with van der Waals surface area (Å²) < 4.78 is 14.1. The molecule has 0 radical (unpaired) electrons. The van der Waals surface area contributed by atoms with Gasteiger partial charge in [-0.25, -0.2) is 9.37 Å². The van der Waals surface area contributed by atoms with Gasteiger partial charge in [-0.3, -0.25) is 14.8 Å². The van der Waals surface area contributed by atoms with Crippen LogP contribution in [0, 0.1) is 5.82 Å². The molecule has 0 amide bonds. The Bertz CT molecular complexity index is 1070. The maximum absolute atomic E-state index is 14.1. The third-order valence-corrected chi connectivity index (χ3v) is 5.27. The fourth-order valence-electron chi connectivity index (χ4n) is 3.78. The first-order valence-electron chi connectivity index (χ1n) is 9.86. The van der Waals surface area contributed by atoms with Crippen molar-refractivity contribution in [2.24, 2.45) is 5.73 Å². The van der Waals surface area contributed by atoms with Crippen LogP contribution in [0.5, 0.6) is 0 Å². The molecule has 0 spiro atoms. The Balaban J connectivity index is 1.62. The molecule has 0 unspecified atom stereocenters. The van der Waals surface area contributed by atoms with Crippen LogP contribution in [0.2, 0.25) is 0 Å². The van der Waals surface area contributed by atoms with E-state index in [1.54, 1.807) is 24.5 Å². The molecule has 0 aliphatic carbocycles. The highest BCUT2D eigenvalue weighted by Gasteiger charge is 2.22. The Labute approximate surface area is 174 Å². The molecule has 4 heterocycles. The first-order chi connectivity index (χ1) is 14.5. The molecule has 0 aromatic carbocycles. The molecule has 8 heteroatoms. The van der Waals surface area contributed by atoms with Crippen molar-refractivity contribution in [3.05, 3.63) is 66.1 Å². The van der Waals surface area contributed by atoms with Crippen LogP contribution in [0.25, 0.3) is 11.3 Å². The van der Waals surface area contributed by atoms with Gasteiger partial charge in [0.25, 0.3) is 0 Å². The number of halogens is 1. The smallest absolute Gasteiger partial charge is 0.187 e. The van der Waals surface area contributed by atoms with Gasteiger partial charge >= 0.3 is 0 Å². The number of nitrogens with two attached hydrogens (primary N) is 2. The number of Topliss-reactive ketones (excluding diaryl/α,β-unsaturated/α-hetero) is 1. The molecule has 0 bridgehead atoms. The number of piperidine rings is 1. The monoisotopic (exact) mass is 406 g/mol. The Morgan fingerprint density at radius 1 is 1.17 bits per heavy atom. The Morgan fingerprint density at radius 2 is 1.97 bits per heavy atom. The van der Waals surface area contributed by atoms with E-state index in [-0.39, 0.29) is 35.2 Å². The van der Waals surface area contributed by atoms with Crippen molar-refractivity contribution in [3.8, 4) is 11.3 Å². The van der Waals surface area contributed by atoms with E-state index in [4.69, 9.17) is 11.5 Å². The molecule has 4 N–H and O–H groups in total. The molecule has 3 aromatic rings. The van der Waals surface area contributed by atoms with Crippen LogP contribution in [0.3, 0.4) is 0 Å².